The van der Waals surface area contributed by atoms with E-state index < -0.39 is 0 Å². The second-order valence-corrected chi connectivity index (χ2v) is 2.42. The van der Waals surface area contributed by atoms with Crippen LogP contribution in [0, 0.1) is 23.7 Å². The van der Waals surface area contributed by atoms with Crippen LogP contribution in [0.5, 0.6) is 0 Å². The van der Waals surface area contributed by atoms with Crippen molar-refractivity contribution in [1.29, 1.82) is 0 Å². The van der Waals surface area contributed by atoms with Crippen LogP contribution >= 0.6 is 0 Å². The number of carbonyl (C=O) groups is 1. The zero-order valence-corrected chi connectivity index (χ0v) is 7.93. The fraction of sp³-hybridized carbons (Fsp3) is 0.545. The predicted octanol–water partition coefficient (Wildman–Crippen LogP) is 1.75. The van der Waals surface area contributed by atoms with Crippen molar-refractivity contribution in [3.63, 3.8) is 0 Å². The van der Waals surface area contributed by atoms with E-state index in [1.807, 2.05) is 0 Å². The van der Waals surface area contributed by atoms with E-state index in [1.165, 1.54) is 0 Å². The predicted molar refractivity (Wildman–Crippen MR) is 51.7 cm³/mol. The van der Waals surface area contributed by atoms with Crippen molar-refractivity contribution in [1.82, 2.24) is 0 Å². The molecule has 2 heteroatoms. The summed E-state index contributed by atoms with van der Waals surface area (Å²) in [5, 5.41) is 0. The molecule has 0 amide bonds. The van der Waals surface area contributed by atoms with Gasteiger partial charge in [-0.1, -0.05) is 18.8 Å². The molecule has 0 heterocycles. The number of rotatable bonds is 5. The van der Waals surface area contributed by atoms with E-state index in [0.717, 1.165) is 25.7 Å². The summed E-state index contributed by atoms with van der Waals surface area (Å²) in [7, 11) is 0. The molecule has 0 saturated heterocycles. The molecule has 0 radical (unpaired) electrons. The Labute approximate surface area is 79.7 Å². The van der Waals surface area contributed by atoms with Crippen molar-refractivity contribution in [2.75, 3.05) is 6.61 Å². The summed E-state index contributed by atoms with van der Waals surface area (Å²) in [5.74, 6) is 11.3. The maximum Gasteiger partial charge on any atom is 0.293 e. The highest BCUT2D eigenvalue weighted by Crippen LogP contribution is 1.85. The van der Waals surface area contributed by atoms with Crippen LogP contribution in [-0.4, -0.2) is 13.1 Å². The van der Waals surface area contributed by atoms with Gasteiger partial charge in [0.1, 0.15) is 0 Å². The van der Waals surface area contributed by atoms with Gasteiger partial charge in [-0.05, 0) is 24.7 Å². The Hall–Kier alpha value is -1.41. The molecule has 0 aliphatic heterocycles. The van der Waals surface area contributed by atoms with Crippen molar-refractivity contribution in [2.45, 2.75) is 32.6 Å². The lowest BCUT2D eigenvalue weighted by Crippen LogP contribution is -1.89. The van der Waals surface area contributed by atoms with Crippen molar-refractivity contribution in [3.05, 3.63) is 0 Å². The van der Waals surface area contributed by atoms with E-state index in [1.54, 1.807) is 0 Å². The first kappa shape index (κ1) is 11.6. The first-order valence-electron chi connectivity index (χ1n) is 4.42. The third kappa shape index (κ3) is 10.6. The van der Waals surface area contributed by atoms with E-state index in [0.29, 0.717) is 13.1 Å². The largest absolute Gasteiger partial charge is 0.468 e. The topological polar surface area (TPSA) is 26.3 Å². The van der Waals surface area contributed by atoms with E-state index in [9.17, 15) is 4.79 Å². The van der Waals surface area contributed by atoms with Crippen LogP contribution in [0.1, 0.15) is 32.6 Å². The SMILES string of the molecule is CCCC#CC#CCCCOC=O. The van der Waals surface area contributed by atoms with Crippen LogP contribution < -0.4 is 0 Å². The fourth-order valence-corrected chi connectivity index (χ4v) is 0.630. The maximum atomic E-state index is 9.73. The van der Waals surface area contributed by atoms with E-state index in [-0.39, 0.29) is 0 Å². The van der Waals surface area contributed by atoms with Crippen LogP contribution in [0.25, 0.3) is 0 Å². The smallest absolute Gasteiger partial charge is 0.293 e. The highest BCUT2D eigenvalue weighted by molar-refractivity contribution is 5.36. The first-order valence-corrected chi connectivity index (χ1v) is 4.42. The van der Waals surface area contributed by atoms with Gasteiger partial charge in [0.15, 0.2) is 0 Å². The molecule has 0 bridgehead atoms. The lowest BCUT2D eigenvalue weighted by molar-refractivity contribution is -0.128. The Kier molecular flexibility index (Phi) is 9.44. The van der Waals surface area contributed by atoms with Gasteiger partial charge in [0.2, 0.25) is 0 Å². The molecule has 2 nitrogen and oxygen atoms in total. The number of hydrogen-bond donors (Lipinski definition) is 0. The normalized spacial score (nSPS) is 7.46. The lowest BCUT2D eigenvalue weighted by Gasteiger charge is -1.90. The summed E-state index contributed by atoms with van der Waals surface area (Å²) in [6.45, 7) is 2.98. The average Bonchev–Trinajstić information content (AvgIpc) is 2.16. The summed E-state index contributed by atoms with van der Waals surface area (Å²) in [4.78, 5) is 9.73. The second kappa shape index (κ2) is 10.6. The highest BCUT2D eigenvalue weighted by Gasteiger charge is 1.81. The minimum atomic E-state index is 0.445. The van der Waals surface area contributed by atoms with Gasteiger partial charge in [0.05, 0.1) is 6.61 Å². The minimum Gasteiger partial charge on any atom is -0.468 e. The van der Waals surface area contributed by atoms with Crippen LogP contribution in [0.15, 0.2) is 0 Å². The molecule has 0 aliphatic carbocycles. The molecule has 0 fully saturated rings. The molecular formula is C11H14O2. The zero-order chi connectivity index (χ0) is 9.78. The van der Waals surface area contributed by atoms with Gasteiger partial charge < -0.3 is 4.74 Å². The molecule has 0 aliphatic rings. The van der Waals surface area contributed by atoms with Gasteiger partial charge >= 0.3 is 0 Å². The van der Waals surface area contributed by atoms with Crippen LogP contribution in [-0.2, 0) is 9.53 Å². The third-order valence-corrected chi connectivity index (χ3v) is 1.25. The third-order valence-electron chi connectivity index (χ3n) is 1.25. The molecule has 0 saturated carbocycles. The summed E-state index contributed by atoms with van der Waals surface area (Å²) in [5.41, 5.74) is 0. The molecule has 0 aromatic heterocycles. The van der Waals surface area contributed by atoms with Crippen LogP contribution in [0.2, 0.25) is 0 Å². The van der Waals surface area contributed by atoms with E-state index in [4.69, 9.17) is 0 Å². The van der Waals surface area contributed by atoms with Crippen molar-refractivity contribution < 1.29 is 9.53 Å². The van der Waals surface area contributed by atoms with Crippen LogP contribution in [0.4, 0.5) is 0 Å². The zero-order valence-electron chi connectivity index (χ0n) is 7.93. The van der Waals surface area contributed by atoms with Crippen LogP contribution in [0.3, 0.4) is 0 Å². The minimum absolute atomic E-state index is 0.445. The fourth-order valence-electron chi connectivity index (χ4n) is 0.630. The summed E-state index contributed by atoms with van der Waals surface area (Å²) in [6, 6.07) is 0. The Bertz CT molecular complexity index is 234. The standard InChI is InChI=1S/C11H14O2/c1-2-3-4-5-6-7-8-9-10-13-11-12/h11H,2-3,8-10H2,1H3. The Morgan fingerprint density at radius 3 is 2.54 bits per heavy atom. The molecule has 0 aromatic carbocycles. The molecule has 0 aromatic rings. The molecule has 0 unspecified atom stereocenters. The Morgan fingerprint density at radius 1 is 1.23 bits per heavy atom. The summed E-state index contributed by atoms with van der Waals surface area (Å²) >= 11 is 0. The molecular weight excluding hydrogens is 164 g/mol. The van der Waals surface area contributed by atoms with Gasteiger partial charge in [-0.2, -0.15) is 0 Å². The first-order chi connectivity index (χ1) is 6.41. The summed E-state index contributed by atoms with van der Waals surface area (Å²) < 4.78 is 4.49. The van der Waals surface area contributed by atoms with Crippen molar-refractivity contribution in [2.24, 2.45) is 0 Å². The molecule has 0 spiro atoms. The lowest BCUT2D eigenvalue weighted by atomic mass is 10.3. The number of unbranched alkanes of at least 4 members (excludes halogenated alkanes) is 2. The van der Waals surface area contributed by atoms with E-state index in [2.05, 4.69) is 35.3 Å². The second-order valence-electron chi connectivity index (χ2n) is 2.42. The van der Waals surface area contributed by atoms with Crippen molar-refractivity contribution >= 4 is 6.47 Å². The average molecular weight is 178 g/mol. The maximum absolute atomic E-state index is 9.73. The van der Waals surface area contributed by atoms with Gasteiger partial charge in [-0.25, -0.2) is 0 Å². The number of ether oxygens (including phenoxy) is 1. The molecule has 0 atom stereocenters. The quantitative estimate of drug-likeness (QED) is 0.364. The summed E-state index contributed by atoms with van der Waals surface area (Å²) in [6.07, 6.45) is 3.49. The monoisotopic (exact) mass is 178 g/mol. The molecule has 0 rings (SSSR count). The van der Waals surface area contributed by atoms with Gasteiger partial charge in [0, 0.05) is 12.8 Å². The number of carbonyl (C=O) groups excluding carboxylic acids is 1. The molecule has 0 N–H and O–H groups in total. The van der Waals surface area contributed by atoms with E-state index >= 15 is 0 Å². The van der Waals surface area contributed by atoms with Gasteiger partial charge in [0.25, 0.3) is 6.47 Å². The van der Waals surface area contributed by atoms with Gasteiger partial charge in [-0.15, -0.1) is 0 Å². The highest BCUT2D eigenvalue weighted by atomic mass is 16.5. The molecule has 70 valence electrons. The Balaban J connectivity index is 3.30. The van der Waals surface area contributed by atoms with Crippen molar-refractivity contribution in [3.8, 4) is 23.7 Å². The Morgan fingerprint density at radius 2 is 1.92 bits per heavy atom. The van der Waals surface area contributed by atoms with Gasteiger partial charge in [-0.3, -0.25) is 4.79 Å². The number of hydrogen-bond acceptors (Lipinski definition) is 2. The molecule has 13 heavy (non-hydrogen) atoms.